The number of halogens is 3. The zero-order valence-electron chi connectivity index (χ0n) is 11.3. The fraction of sp³-hybridized carbons (Fsp3) is 0.538. The lowest BCUT2D eigenvalue weighted by Gasteiger charge is -2.11. The third-order valence-corrected chi connectivity index (χ3v) is 3.28. The number of hydrogen-bond acceptors (Lipinski definition) is 4. The summed E-state index contributed by atoms with van der Waals surface area (Å²) in [4.78, 5) is 15.2. The molecule has 1 aliphatic rings. The number of nitrogens with two attached hydrogens (primary N) is 1. The number of alkyl halides is 3. The molecule has 0 aliphatic heterocycles. The van der Waals surface area contributed by atoms with Gasteiger partial charge in [-0.2, -0.15) is 13.2 Å². The molecule has 5 nitrogen and oxygen atoms in total. The van der Waals surface area contributed by atoms with Crippen molar-refractivity contribution in [3.05, 3.63) is 23.9 Å². The van der Waals surface area contributed by atoms with Crippen molar-refractivity contribution in [2.45, 2.75) is 31.0 Å². The van der Waals surface area contributed by atoms with Crippen LogP contribution in [0.15, 0.2) is 18.3 Å². The van der Waals surface area contributed by atoms with Crippen LogP contribution in [-0.2, 0) is 11.0 Å². The van der Waals surface area contributed by atoms with Crippen LogP contribution in [0.1, 0.15) is 24.8 Å². The van der Waals surface area contributed by atoms with Crippen molar-refractivity contribution in [2.24, 2.45) is 5.73 Å². The van der Waals surface area contributed by atoms with Gasteiger partial charge in [-0.3, -0.25) is 4.79 Å². The number of nitrogens with zero attached hydrogens (tertiary/aromatic N) is 1. The van der Waals surface area contributed by atoms with E-state index in [0.717, 1.165) is 12.3 Å². The molecule has 1 aliphatic carbocycles. The molecule has 2 rings (SSSR count). The molecule has 1 amide bonds. The second-order valence-corrected chi connectivity index (χ2v) is 5.12. The quantitative estimate of drug-likeness (QED) is 0.696. The Bertz CT molecular complexity index is 497. The summed E-state index contributed by atoms with van der Waals surface area (Å²) in [5, 5.41) is 5.62. The molecule has 116 valence electrons. The van der Waals surface area contributed by atoms with Crippen LogP contribution >= 0.6 is 0 Å². The first kappa shape index (κ1) is 15.6. The molecule has 4 N–H and O–H groups in total. The maximum absolute atomic E-state index is 12.3. The van der Waals surface area contributed by atoms with Gasteiger partial charge in [0.1, 0.15) is 5.82 Å². The normalized spacial score (nSPS) is 16.4. The average Bonchev–Trinajstić information content (AvgIpc) is 3.17. The number of carbonyl (C=O) groups excluding carboxylic acids is 1. The van der Waals surface area contributed by atoms with Gasteiger partial charge in [-0.25, -0.2) is 4.98 Å². The molecular formula is C13H17F3N4O. The van der Waals surface area contributed by atoms with Crippen LogP contribution in [0, 0.1) is 0 Å². The van der Waals surface area contributed by atoms with E-state index in [0.29, 0.717) is 38.2 Å². The summed E-state index contributed by atoms with van der Waals surface area (Å²) < 4.78 is 37.0. The molecule has 8 heteroatoms. The minimum absolute atomic E-state index is 0.143. The van der Waals surface area contributed by atoms with Gasteiger partial charge in [-0.15, -0.1) is 0 Å². The van der Waals surface area contributed by atoms with Crippen LogP contribution in [-0.4, -0.2) is 29.5 Å². The Morgan fingerprint density at radius 2 is 2.05 bits per heavy atom. The number of aromatic nitrogens is 1. The van der Waals surface area contributed by atoms with Crippen LogP contribution < -0.4 is 16.4 Å². The zero-order chi connectivity index (χ0) is 15.5. The minimum Gasteiger partial charge on any atom is -0.370 e. The topological polar surface area (TPSA) is 80.0 Å². The fourth-order valence-electron chi connectivity index (χ4n) is 1.71. The number of carbonyl (C=O) groups is 1. The van der Waals surface area contributed by atoms with Gasteiger partial charge < -0.3 is 16.4 Å². The molecule has 0 saturated heterocycles. The smallest absolute Gasteiger partial charge is 0.370 e. The molecule has 1 aromatic heterocycles. The van der Waals surface area contributed by atoms with E-state index in [-0.39, 0.29) is 5.91 Å². The zero-order valence-corrected chi connectivity index (χ0v) is 11.3. The second-order valence-electron chi connectivity index (χ2n) is 5.12. The summed E-state index contributed by atoms with van der Waals surface area (Å²) in [6, 6.07) is 2.25. The highest BCUT2D eigenvalue weighted by Crippen LogP contribution is 2.32. The van der Waals surface area contributed by atoms with E-state index >= 15 is 0 Å². The molecule has 1 saturated carbocycles. The van der Waals surface area contributed by atoms with E-state index in [1.165, 1.54) is 6.07 Å². The second kappa shape index (κ2) is 5.88. The van der Waals surface area contributed by atoms with Gasteiger partial charge in [0.05, 0.1) is 11.1 Å². The highest BCUT2D eigenvalue weighted by atomic mass is 19.4. The average molecular weight is 302 g/mol. The number of anilines is 1. The van der Waals surface area contributed by atoms with E-state index < -0.39 is 17.3 Å². The van der Waals surface area contributed by atoms with Crippen molar-refractivity contribution < 1.29 is 18.0 Å². The lowest BCUT2D eigenvalue weighted by molar-refractivity contribution is -0.137. The van der Waals surface area contributed by atoms with Gasteiger partial charge in [0.2, 0.25) is 5.91 Å². The molecule has 0 unspecified atom stereocenters. The summed E-state index contributed by atoms with van der Waals surface area (Å²) in [5.41, 5.74) is 4.26. The molecule has 21 heavy (non-hydrogen) atoms. The van der Waals surface area contributed by atoms with Gasteiger partial charge in [0, 0.05) is 19.3 Å². The fourth-order valence-corrected chi connectivity index (χ4v) is 1.71. The van der Waals surface area contributed by atoms with Crippen molar-refractivity contribution in [2.75, 3.05) is 18.4 Å². The van der Waals surface area contributed by atoms with Crippen molar-refractivity contribution in [3.63, 3.8) is 0 Å². The van der Waals surface area contributed by atoms with Crippen LogP contribution in [0.4, 0.5) is 19.0 Å². The minimum atomic E-state index is -4.38. The Morgan fingerprint density at radius 3 is 2.57 bits per heavy atom. The summed E-state index contributed by atoms with van der Waals surface area (Å²) in [5.74, 6) is 0.224. The molecule has 1 heterocycles. The molecule has 0 bridgehead atoms. The number of pyridine rings is 1. The predicted molar refractivity (Wildman–Crippen MR) is 71.5 cm³/mol. The lowest BCUT2D eigenvalue weighted by atomic mass is 10.2. The van der Waals surface area contributed by atoms with E-state index in [9.17, 15) is 18.0 Å². The number of nitrogens with one attached hydrogen (secondary N) is 2. The molecule has 1 aromatic rings. The Balaban J connectivity index is 1.66. The Hall–Kier alpha value is -1.83. The monoisotopic (exact) mass is 302 g/mol. The standard InChI is InChI=1S/C13H17F3N4O/c14-13(15,16)9-2-3-10(20-8-9)18-6-1-7-19-11(21)12(17)4-5-12/h2-3,8H,1,4-7,17H2,(H,18,20)(H,19,21). The van der Waals surface area contributed by atoms with Gasteiger partial charge in [0.25, 0.3) is 0 Å². The maximum Gasteiger partial charge on any atom is 0.417 e. The van der Waals surface area contributed by atoms with E-state index in [2.05, 4.69) is 15.6 Å². The number of amides is 1. The Kier molecular flexibility index (Phi) is 4.36. The molecule has 1 fully saturated rings. The third kappa shape index (κ3) is 4.32. The summed E-state index contributed by atoms with van der Waals surface area (Å²) in [6.07, 6.45) is -1.53. The SMILES string of the molecule is NC1(C(=O)NCCCNc2ccc(C(F)(F)F)cn2)CC1. The predicted octanol–water partition coefficient (Wildman–Crippen LogP) is 1.51. The van der Waals surface area contributed by atoms with Crippen molar-refractivity contribution >= 4 is 11.7 Å². The van der Waals surface area contributed by atoms with Crippen LogP contribution in [0.3, 0.4) is 0 Å². The summed E-state index contributed by atoms with van der Waals surface area (Å²) in [6.45, 7) is 0.960. The number of hydrogen-bond donors (Lipinski definition) is 3. The van der Waals surface area contributed by atoms with E-state index in [1.54, 1.807) is 0 Å². The highest BCUT2D eigenvalue weighted by Gasteiger charge is 2.45. The van der Waals surface area contributed by atoms with Crippen molar-refractivity contribution in [3.8, 4) is 0 Å². The first-order valence-corrected chi connectivity index (χ1v) is 6.66. The Labute approximate surface area is 120 Å². The summed E-state index contributed by atoms with van der Waals surface area (Å²) >= 11 is 0. The Morgan fingerprint density at radius 1 is 1.33 bits per heavy atom. The third-order valence-electron chi connectivity index (χ3n) is 3.28. The van der Waals surface area contributed by atoms with Crippen molar-refractivity contribution in [1.82, 2.24) is 10.3 Å². The molecule has 0 aromatic carbocycles. The van der Waals surface area contributed by atoms with Gasteiger partial charge >= 0.3 is 6.18 Å². The van der Waals surface area contributed by atoms with Crippen LogP contribution in [0.2, 0.25) is 0 Å². The highest BCUT2D eigenvalue weighted by molar-refractivity contribution is 5.88. The van der Waals surface area contributed by atoms with Gasteiger partial charge in [-0.1, -0.05) is 0 Å². The molecule has 0 radical (unpaired) electrons. The first-order valence-electron chi connectivity index (χ1n) is 6.66. The first-order chi connectivity index (χ1) is 9.81. The van der Waals surface area contributed by atoms with E-state index in [4.69, 9.17) is 5.73 Å². The summed E-state index contributed by atoms with van der Waals surface area (Å²) in [7, 11) is 0. The maximum atomic E-state index is 12.3. The lowest BCUT2D eigenvalue weighted by Crippen LogP contribution is -2.43. The largest absolute Gasteiger partial charge is 0.417 e. The van der Waals surface area contributed by atoms with Gasteiger partial charge in [-0.05, 0) is 31.4 Å². The molecular weight excluding hydrogens is 285 g/mol. The number of rotatable bonds is 6. The van der Waals surface area contributed by atoms with E-state index in [1.807, 2.05) is 0 Å². The molecule has 0 spiro atoms. The van der Waals surface area contributed by atoms with Crippen molar-refractivity contribution in [1.29, 1.82) is 0 Å². The van der Waals surface area contributed by atoms with Crippen LogP contribution in [0.5, 0.6) is 0 Å². The van der Waals surface area contributed by atoms with Gasteiger partial charge in [0.15, 0.2) is 0 Å². The van der Waals surface area contributed by atoms with Crippen LogP contribution in [0.25, 0.3) is 0 Å². The molecule has 0 atom stereocenters.